The van der Waals surface area contributed by atoms with Crippen molar-refractivity contribution in [1.82, 2.24) is 4.98 Å². The molecule has 0 saturated heterocycles. The quantitative estimate of drug-likeness (QED) is 0.759. The topological polar surface area (TPSA) is 48.7 Å². The number of halogens is 1. The molecule has 0 spiro atoms. The Morgan fingerprint density at radius 1 is 1.19 bits per heavy atom. The zero-order valence-corrected chi connectivity index (χ0v) is 11.4. The zero-order valence-electron chi connectivity index (χ0n) is 11.4. The van der Waals surface area contributed by atoms with E-state index in [0.29, 0.717) is 16.9 Å². The summed E-state index contributed by atoms with van der Waals surface area (Å²) in [6.07, 6.45) is 1.53. The van der Waals surface area contributed by atoms with E-state index in [-0.39, 0.29) is 5.82 Å². The van der Waals surface area contributed by atoms with Gasteiger partial charge in [-0.25, -0.2) is 4.39 Å². The lowest BCUT2D eigenvalue weighted by Gasteiger charge is -2.13. The van der Waals surface area contributed by atoms with Crippen molar-refractivity contribution < 1.29 is 4.39 Å². The highest BCUT2D eigenvalue weighted by Crippen LogP contribution is 2.30. The molecule has 0 aliphatic rings. The molecule has 0 atom stereocenters. The van der Waals surface area contributed by atoms with Gasteiger partial charge in [0.05, 0.1) is 16.8 Å². The van der Waals surface area contributed by atoms with Crippen molar-refractivity contribution in [3.8, 4) is 6.07 Å². The molecule has 0 saturated carbocycles. The van der Waals surface area contributed by atoms with Crippen LogP contribution in [0.4, 0.5) is 15.8 Å². The Labute approximate surface area is 121 Å². The molecule has 1 aromatic heterocycles. The second-order valence-corrected chi connectivity index (χ2v) is 4.76. The summed E-state index contributed by atoms with van der Waals surface area (Å²) in [6.45, 7) is 1.89. The standard InChI is InChI=1S/C17H12FN3/c1-11-6-7-13(18)8-16(11)21-17-12(9-19)10-20-15-5-3-2-4-14(15)17/h2-8,10H,1H3,(H,20,21). The first kappa shape index (κ1) is 13.1. The highest BCUT2D eigenvalue weighted by molar-refractivity contribution is 5.95. The van der Waals surface area contributed by atoms with Gasteiger partial charge in [0.2, 0.25) is 0 Å². The first-order chi connectivity index (χ1) is 10.2. The van der Waals surface area contributed by atoms with Crippen LogP contribution in [0.1, 0.15) is 11.1 Å². The van der Waals surface area contributed by atoms with Crippen LogP contribution in [0.25, 0.3) is 10.9 Å². The lowest BCUT2D eigenvalue weighted by molar-refractivity contribution is 0.628. The first-order valence-electron chi connectivity index (χ1n) is 6.50. The van der Waals surface area contributed by atoms with E-state index in [9.17, 15) is 9.65 Å². The summed E-state index contributed by atoms with van der Waals surface area (Å²) in [5.41, 5.74) is 3.41. The van der Waals surface area contributed by atoms with Gasteiger partial charge in [-0.05, 0) is 30.7 Å². The summed E-state index contributed by atoms with van der Waals surface area (Å²) in [6, 6.07) is 14.2. The van der Waals surface area contributed by atoms with Crippen molar-refractivity contribution in [3.63, 3.8) is 0 Å². The van der Waals surface area contributed by atoms with E-state index >= 15 is 0 Å². The molecule has 3 nitrogen and oxygen atoms in total. The van der Waals surface area contributed by atoms with Crippen molar-refractivity contribution in [2.45, 2.75) is 6.92 Å². The number of para-hydroxylation sites is 1. The van der Waals surface area contributed by atoms with E-state index in [1.807, 2.05) is 31.2 Å². The third kappa shape index (κ3) is 2.41. The molecular formula is C17H12FN3. The van der Waals surface area contributed by atoms with Crippen molar-refractivity contribution in [2.24, 2.45) is 0 Å². The Balaban J connectivity index is 2.19. The van der Waals surface area contributed by atoms with Crippen LogP contribution in [0.15, 0.2) is 48.7 Å². The van der Waals surface area contributed by atoms with Crippen LogP contribution >= 0.6 is 0 Å². The Hall–Kier alpha value is -2.93. The van der Waals surface area contributed by atoms with E-state index < -0.39 is 0 Å². The highest BCUT2D eigenvalue weighted by atomic mass is 19.1. The second kappa shape index (κ2) is 5.22. The van der Waals surface area contributed by atoms with Gasteiger partial charge in [-0.2, -0.15) is 5.26 Å². The molecule has 102 valence electrons. The molecule has 3 aromatic rings. The van der Waals surface area contributed by atoms with Crippen molar-refractivity contribution in [3.05, 3.63) is 65.6 Å². The lowest BCUT2D eigenvalue weighted by Crippen LogP contribution is -1.98. The molecule has 2 aromatic carbocycles. The van der Waals surface area contributed by atoms with E-state index in [1.54, 1.807) is 6.07 Å². The summed E-state index contributed by atoms with van der Waals surface area (Å²) in [5.74, 6) is -0.319. The molecule has 3 rings (SSSR count). The number of hydrogen-bond donors (Lipinski definition) is 1. The summed E-state index contributed by atoms with van der Waals surface area (Å²) >= 11 is 0. The van der Waals surface area contributed by atoms with Gasteiger partial charge in [0.25, 0.3) is 0 Å². The normalized spacial score (nSPS) is 10.3. The van der Waals surface area contributed by atoms with Gasteiger partial charge in [0.15, 0.2) is 0 Å². The van der Waals surface area contributed by atoms with Gasteiger partial charge in [0.1, 0.15) is 11.9 Å². The molecule has 0 amide bonds. The van der Waals surface area contributed by atoms with E-state index in [4.69, 9.17) is 0 Å². The maximum absolute atomic E-state index is 13.4. The fourth-order valence-corrected chi connectivity index (χ4v) is 2.22. The third-order valence-electron chi connectivity index (χ3n) is 3.36. The van der Waals surface area contributed by atoms with Crippen LogP contribution in [0.3, 0.4) is 0 Å². The van der Waals surface area contributed by atoms with E-state index in [0.717, 1.165) is 16.5 Å². The van der Waals surface area contributed by atoms with Crippen LogP contribution in [0.5, 0.6) is 0 Å². The molecule has 0 radical (unpaired) electrons. The number of hydrogen-bond acceptors (Lipinski definition) is 3. The zero-order chi connectivity index (χ0) is 14.8. The highest BCUT2D eigenvalue weighted by Gasteiger charge is 2.10. The number of aryl methyl sites for hydroxylation is 1. The minimum Gasteiger partial charge on any atom is -0.354 e. The fraction of sp³-hybridized carbons (Fsp3) is 0.0588. The predicted octanol–water partition coefficient (Wildman–Crippen LogP) is 4.30. The molecule has 21 heavy (non-hydrogen) atoms. The van der Waals surface area contributed by atoms with Crippen LogP contribution in [-0.4, -0.2) is 4.98 Å². The number of nitrogens with zero attached hydrogens (tertiary/aromatic N) is 2. The summed E-state index contributed by atoms with van der Waals surface area (Å²) in [7, 11) is 0. The maximum atomic E-state index is 13.4. The summed E-state index contributed by atoms with van der Waals surface area (Å²) in [5, 5.41) is 13.3. The number of fused-ring (bicyclic) bond motifs is 1. The minimum absolute atomic E-state index is 0.319. The van der Waals surface area contributed by atoms with Crippen LogP contribution in [0.2, 0.25) is 0 Å². The van der Waals surface area contributed by atoms with Crippen molar-refractivity contribution in [1.29, 1.82) is 5.26 Å². The molecule has 1 N–H and O–H groups in total. The van der Waals surface area contributed by atoms with Crippen LogP contribution in [0, 0.1) is 24.1 Å². The molecule has 0 fully saturated rings. The molecule has 0 unspecified atom stereocenters. The van der Waals surface area contributed by atoms with Gasteiger partial charge >= 0.3 is 0 Å². The minimum atomic E-state index is -0.319. The number of benzene rings is 2. The maximum Gasteiger partial charge on any atom is 0.125 e. The monoisotopic (exact) mass is 277 g/mol. The Bertz CT molecular complexity index is 866. The molecule has 0 aliphatic heterocycles. The van der Waals surface area contributed by atoms with Gasteiger partial charge < -0.3 is 5.32 Å². The largest absolute Gasteiger partial charge is 0.354 e. The fourth-order valence-electron chi connectivity index (χ4n) is 2.22. The van der Waals surface area contributed by atoms with Gasteiger partial charge in [0, 0.05) is 17.3 Å². The average Bonchev–Trinajstić information content (AvgIpc) is 2.51. The van der Waals surface area contributed by atoms with Crippen LogP contribution in [-0.2, 0) is 0 Å². The number of aromatic nitrogens is 1. The Kier molecular flexibility index (Phi) is 3.25. The average molecular weight is 277 g/mol. The Morgan fingerprint density at radius 2 is 2.00 bits per heavy atom. The molecule has 1 heterocycles. The predicted molar refractivity (Wildman–Crippen MR) is 80.9 cm³/mol. The van der Waals surface area contributed by atoms with Gasteiger partial charge in [-0.15, -0.1) is 0 Å². The third-order valence-corrected chi connectivity index (χ3v) is 3.36. The summed E-state index contributed by atoms with van der Waals surface area (Å²) < 4.78 is 13.4. The number of anilines is 2. The van der Waals surface area contributed by atoms with Crippen molar-refractivity contribution >= 4 is 22.3 Å². The van der Waals surface area contributed by atoms with E-state index in [1.165, 1.54) is 18.3 Å². The Morgan fingerprint density at radius 3 is 2.81 bits per heavy atom. The van der Waals surface area contributed by atoms with Crippen LogP contribution < -0.4 is 5.32 Å². The van der Waals surface area contributed by atoms with Crippen molar-refractivity contribution in [2.75, 3.05) is 5.32 Å². The molecule has 0 aliphatic carbocycles. The van der Waals surface area contributed by atoms with Gasteiger partial charge in [-0.1, -0.05) is 24.3 Å². The molecule has 4 heteroatoms. The molecular weight excluding hydrogens is 265 g/mol. The smallest absolute Gasteiger partial charge is 0.125 e. The lowest BCUT2D eigenvalue weighted by atomic mass is 10.1. The van der Waals surface area contributed by atoms with E-state index in [2.05, 4.69) is 16.4 Å². The SMILES string of the molecule is Cc1ccc(F)cc1Nc1c(C#N)cnc2ccccc12. The number of pyridine rings is 1. The number of rotatable bonds is 2. The second-order valence-electron chi connectivity index (χ2n) is 4.76. The first-order valence-corrected chi connectivity index (χ1v) is 6.50. The number of nitrogens with one attached hydrogen (secondary N) is 1. The van der Waals surface area contributed by atoms with Gasteiger partial charge in [-0.3, -0.25) is 4.98 Å². The summed E-state index contributed by atoms with van der Waals surface area (Å²) in [4.78, 5) is 4.26. The molecule has 0 bridgehead atoms. The number of nitriles is 1.